The SMILES string of the molecule is CC(C)(C)CC(C(=O)NCCC[SiH3])C(C)(C)C. The Morgan fingerprint density at radius 1 is 1.18 bits per heavy atom. The second-order valence-electron chi connectivity index (χ2n) is 7.33. The summed E-state index contributed by atoms with van der Waals surface area (Å²) in [6.45, 7) is 13.9. The first kappa shape index (κ1) is 16.7. The smallest absolute Gasteiger partial charge is 0.223 e. The number of nitrogens with one attached hydrogen (secondary N) is 1. The number of carbonyl (C=O) groups is 1. The van der Waals surface area contributed by atoms with E-state index >= 15 is 0 Å². The highest BCUT2D eigenvalue weighted by Crippen LogP contribution is 2.36. The molecule has 0 bridgehead atoms. The highest BCUT2D eigenvalue weighted by Gasteiger charge is 2.34. The van der Waals surface area contributed by atoms with Crippen molar-refractivity contribution in [3.63, 3.8) is 0 Å². The number of hydrogen-bond acceptors (Lipinski definition) is 1. The molecule has 0 heterocycles. The van der Waals surface area contributed by atoms with Gasteiger partial charge in [-0.05, 0) is 23.7 Å². The van der Waals surface area contributed by atoms with E-state index in [-0.39, 0.29) is 22.7 Å². The first-order valence-corrected chi connectivity index (χ1v) is 8.27. The fourth-order valence-corrected chi connectivity index (χ4v) is 2.27. The molecule has 0 radical (unpaired) electrons. The Balaban J connectivity index is 4.54. The largest absolute Gasteiger partial charge is 0.356 e. The van der Waals surface area contributed by atoms with Gasteiger partial charge in [0.15, 0.2) is 0 Å². The van der Waals surface area contributed by atoms with Gasteiger partial charge in [-0.2, -0.15) is 0 Å². The number of rotatable bonds is 5. The van der Waals surface area contributed by atoms with Crippen molar-refractivity contribution < 1.29 is 4.79 Å². The van der Waals surface area contributed by atoms with Crippen LogP contribution in [0.2, 0.25) is 6.04 Å². The van der Waals surface area contributed by atoms with E-state index in [4.69, 9.17) is 0 Å². The lowest BCUT2D eigenvalue weighted by Gasteiger charge is -2.34. The van der Waals surface area contributed by atoms with Crippen LogP contribution in [0, 0.1) is 16.7 Å². The summed E-state index contributed by atoms with van der Waals surface area (Å²) in [7, 11) is 1.23. The predicted molar refractivity (Wildman–Crippen MR) is 79.4 cm³/mol. The van der Waals surface area contributed by atoms with Crippen LogP contribution in [0.4, 0.5) is 0 Å². The summed E-state index contributed by atoms with van der Waals surface area (Å²) in [5, 5.41) is 3.10. The van der Waals surface area contributed by atoms with Crippen LogP contribution in [0.15, 0.2) is 0 Å². The molecule has 0 aliphatic heterocycles. The van der Waals surface area contributed by atoms with Gasteiger partial charge in [0.25, 0.3) is 0 Å². The Morgan fingerprint density at radius 3 is 2.06 bits per heavy atom. The second-order valence-corrected chi connectivity index (χ2v) is 8.33. The average molecular weight is 257 g/mol. The fourth-order valence-electron chi connectivity index (χ4n) is 1.92. The van der Waals surface area contributed by atoms with Crippen molar-refractivity contribution in [3.05, 3.63) is 0 Å². The van der Waals surface area contributed by atoms with Crippen LogP contribution in [-0.4, -0.2) is 22.7 Å². The molecule has 1 N–H and O–H groups in total. The van der Waals surface area contributed by atoms with Gasteiger partial charge < -0.3 is 5.32 Å². The van der Waals surface area contributed by atoms with E-state index in [2.05, 4.69) is 46.9 Å². The Bertz CT molecular complexity index is 238. The van der Waals surface area contributed by atoms with Crippen LogP contribution in [0.25, 0.3) is 0 Å². The van der Waals surface area contributed by atoms with E-state index in [1.807, 2.05) is 0 Å². The summed E-state index contributed by atoms with van der Waals surface area (Å²) in [5.74, 6) is 0.346. The van der Waals surface area contributed by atoms with Gasteiger partial charge >= 0.3 is 0 Å². The van der Waals surface area contributed by atoms with Crippen molar-refractivity contribution in [1.29, 1.82) is 0 Å². The molecule has 0 aliphatic rings. The zero-order valence-corrected chi connectivity index (χ0v) is 14.8. The molecule has 0 saturated heterocycles. The van der Waals surface area contributed by atoms with Gasteiger partial charge in [-0.1, -0.05) is 47.6 Å². The van der Waals surface area contributed by atoms with Gasteiger partial charge in [-0.3, -0.25) is 4.79 Å². The maximum Gasteiger partial charge on any atom is 0.223 e. The molecule has 0 rings (SSSR count). The van der Waals surface area contributed by atoms with Crippen LogP contribution in [-0.2, 0) is 4.79 Å². The molecule has 1 atom stereocenters. The molecule has 0 saturated carbocycles. The fraction of sp³-hybridized carbons (Fsp3) is 0.929. The van der Waals surface area contributed by atoms with Crippen LogP contribution in [0.5, 0.6) is 0 Å². The summed E-state index contributed by atoms with van der Waals surface area (Å²) in [4.78, 5) is 12.2. The predicted octanol–water partition coefficient (Wildman–Crippen LogP) is 2.37. The highest BCUT2D eigenvalue weighted by molar-refractivity contribution is 6.08. The Kier molecular flexibility index (Phi) is 6.45. The normalized spacial score (nSPS) is 14.7. The second kappa shape index (κ2) is 6.57. The van der Waals surface area contributed by atoms with Gasteiger partial charge in [-0.25, -0.2) is 0 Å². The molecule has 0 aliphatic carbocycles. The van der Waals surface area contributed by atoms with Crippen LogP contribution < -0.4 is 5.32 Å². The minimum absolute atomic E-state index is 0.0400. The monoisotopic (exact) mass is 257 g/mol. The van der Waals surface area contributed by atoms with Gasteiger partial charge in [0.05, 0.1) is 0 Å². The first-order valence-electron chi connectivity index (χ1n) is 6.85. The number of amides is 1. The lowest BCUT2D eigenvalue weighted by atomic mass is 9.71. The average Bonchev–Trinajstić information content (AvgIpc) is 2.11. The lowest BCUT2D eigenvalue weighted by molar-refractivity contribution is -0.129. The molecule has 3 heteroatoms. The van der Waals surface area contributed by atoms with Crippen molar-refractivity contribution in [1.82, 2.24) is 5.32 Å². The molecule has 0 fully saturated rings. The van der Waals surface area contributed by atoms with Crippen LogP contribution in [0.1, 0.15) is 54.4 Å². The Labute approximate surface area is 110 Å². The summed E-state index contributed by atoms with van der Waals surface area (Å²) in [5.41, 5.74) is 0.241. The maximum absolute atomic E-state index is 12.2. The van der Waals surface area contributed by atoms with E-state index in [0.29, 0.717) is 0 Å². The molecule has 1 unspecified atom stereocenters. The molecule has 102 valence electrons. The van der Waals surface area contributed by atoms with Crippen molar-refractivity contribution in [2.75, 3.05) is 6.54 Å². The first-order chi connectivity index (χ1) is 7.58. The van der Waals surface area contributed by atoms with Crippen molar-refractivity contribution in [2.24, 2.45) is 16.7 Å². The minimum Gasteiger partial charge on any atom is -0.356 e. The van der Waals surface area contributed by atoms with Crippen LogP contribution in [0.3, 0.4) is 0 Å². The summed E-state index contributed by atoms with van der Waals surface area (Å²) < 4.78 is 0. The topological polar surface area (TPSA) is 29.1 Å². The van der Waals surface area contributed by atoms with Crippen molar-refractivity contribution in [2.45, 2.75) is 60.4 Å². The highest BCUT2D eigenvalue weighted by atomic mass is 28.1. The van der Waals surface area contributed by atoms with Gasteiger partial charge in [-0.15, -0.1) is 0 Å². The number of carbonyl (C=O) groups excluding carboxylic acids is 1. The third-order valence-corrected chi connectivity index (χ3v) is 3.72. The molecule has 0 spiro atoms. The zero-order chi connectivity index (χ0) is 13.7. The molecule has 17 heavy (non-hydrogen) atoms. The van der Waals surface area contributed by atoms with Gasteiger partial charge in [0, 0.05) is 22.7 Å². The zero-order valence-electron chi connectivity index (χ0n) is 12.8. The third kappa shape index (κ3) is 7.58. The Morgan fingerprint density at radius 2 is 1.71 bits per heavy atom. The molecular weight excluding hydrogens is 226 g/mol. The van der Waals surface area contributed by atoms with Crippen LogP contribution >= 0.6 is 0 Å². The molecular formula is C14H31NOSi. The lowest BCUT2D eigenvalue weighted by Crippen LogP contribution is -2.40. The van der Waals surface area contributed by atoms with E-state index < -0.39 is 0 Å². The Hall–Kier alpha value is -0.313. The minimum atomic E-state index is 0.0400. The summed E-state index contributed by atoms with van der Waals surface area (Å²) >= 11 is 0. The van der Waals surface area contributed by atoms with Crippen molar-refractivity contribution >= 4 is 16.1 Å². The van der Waals surface area contributed by atoms with E-state index in [0.717, 1.165) is 19.4 Å². The van der Waals surface area contributed by atoms with Crippen molar-refractivity contribution in [3.8, 4) is 0 Å². The quantitative estimate of drug-likeness (QED) is 0.594. The molecule has 1 amide bonds. The standard InChI is InChI=1S/C14H31NOSi/c1-13(2,3)10-11(14(4,5)6)12(16)15-8-7-9-17/h11H,7-10H2,1-6,17H3,(H,15,16). The molecule has 2 nitrogen and oxygen atoms in total. The number of hydrogen-bond donors (Lipinski definition) is 1. The molecule has 0 aromatic heterocycles. The molecule has 0 aromatic rings. The van der Waals surface area contributed by atoms with E-state index in [1.165, 1.54) is 16.3 Å². The van der Waals surface area contributed by atoms with E-state index in [9.17, 15) is 4.79 Å². The maximum atomic E-state index is 12.2. The summed E-state index contributed by atoms with van der Waals surface area (Å²) in [6, 6.07) is 1.26. The van der Waals surface area contributed by atoms with Gasteiger partial charge in [0.2, 0.25) is 5.91 Å². The molecule has 0 aromatic carbocycles. The third-order valence-electron chi connectivity index (χ3n) is 3.01. The van der Waals surface area contributed by atoms with Gasteiger partial charge in [0.1, 0.15) is 0 Å². The summed E-state index contributed by atoms with van der Waals surface area (Å²) in [6.07, 6.45) is 2.08. The van der Waals surface area contributed by atoms with E-state index in [1.54, 1.807) is 0 Å².